The Bertz CT molecular complexity index is 685. The van der Waals surface area contributed by atoms with Gasteiger partial charge in [0.15, 0.2) is 0 Å². The van der Waals surface area contributed by atoms with E-state index in [4.69, 9.17) is 0 Å². The summed E-state index contributed by atoms with van der Waals surface area (Å²) in [7, 11) is 0. The van der Waals surface area contributed by atoms with Crippen molar-refractivity contribution in [2.45, 2.75) is 13.1 Å². The summed E-state index contributed by atoms with van der Waals surface area (Å²) < 4.78 is 14.0. The lowest BCUT2D eigenvalue weighted by Gasteiger charge is -2.15. The summed E-state index contributed by atoms with van der Waals surface area (Å²) in [6.07, 6.45) is 0. The topological polar surface area (TPSA) is 40.5 Å². The number of fused-ring (bicyclic) bond motifs is 1. The zero-order valence-electron chi connectivity index (χ0n) is 10.4. The Morgan fingerprint density at radius 2 is 1.95 bits per heavy atom. The number of rotatable bonds is 2. The minimum absolute atomic E-state index is 0.0718. The van der Waals surface area contributed by atoms with E-state index in [1.807, 2.05) is 22.6 Å². The number of halogens is 2. The van der Waals surface area contributed by atoms with Gasteiger partial charge in [0.1, 0.15) is 11.6 Å². The molecule has 0 spiro atoms. The molecule has 1 aliphatic rings. The molecule has 0 aromatic heterocycles. The third kappa shape index (κ3) is 2.37. The van der Waals surface area contributed by atoms with Crippen molar-refractivity contribution >= 4 is 28.5 Å². The van der Waals surface area contributed by atoms with Crippen molar-refractivity contribution in [3.05, 3.63) is 62.5 Å². The molecule has 0 atom stereocenters. The van der Waals surface area contributed by atoms with Crippen molar-refractivity contribution < 1.29 is 14.3 Å². The van der Waals surface area contributed by atoms with Crippen LogP contribution in [0.4, 0.5) is 4.39 Å². The van der Waals surface area contributed by atoms with Gasteiger partial charge in [-0.05, 0) is 58.0 Å². The molecule has 2 aromatic carbocycles. The molecule has 2 aromatic rings. The molecule has 0 saturated heterocycles. The van der Waals surface area contributed by atoms with E-state index >= 15 is 0 Å². The number of aromatic hydroxyl groups is 1. The van der Waals surface area contributed by atoms with Gasteiger partial charge in [-0.25, -0.2) is 4.39 Å². The number of phenols is 1. The number of amides is 1. The van der Waals surface area contributed by atoms with E-state index in [0.29, 0.717) is 22.2 Å². The first-order valence-corrected chi connectivity index (χ1v) is 7.17. The number of nitrogens with zero attached hydrogens (tertiary/aromatic N) is 1. The molecule has 20 heavy (non-hydrogen) atoms. The van der Waals surface area contributed by atoms with Crippen molar-refractivity contribution in [2.24, 2.45) is 0 Å². The molecule has 1 aliphatic heterocycles. The Morgan fingerprint density at radius 3 is 2.65 bits per heavy atom. The zero-order chi connectivity index (χ0) is 14.3. The molecule has 0 fully saturated rings. The number of hydrogen-bond donors (Lipinski definition) is 1. The first kappa shape index (κ1) is 13.4. The minimum atomic E-state index is -0.313. The summed E-state index contributed by atoms with van der Waals surface area (Å²) in [6, 6.07) is 9.53. The summed E-state index contributed by atoms with van der Waals surface area (Å²) in [4.78, 5) is 14.0. The number of phenolic OH excluding ortho intramolecular Hbond substituents is 1. The molecule has 3 rings (SSSR count). The number of carbonyl (C=O) groups excluding carboxylic acids is 1. The zero-order valence-corrected chi connectivity index (χ0v) is 12.6. The largest absolute Gasteiger partial charge is 0.508 e. The highest BCUT2D eigenvalue weighted by atomic mass is 127. The van der Waals surface area contributed by atoms with E-state index in [1.165, 1.54) is 12.1 Å². The van der Waals surface area contributed by atoms with Gasteiger partial charge in [0.2, 0.25) is 0 Å². The summed E-state index contributed by atoms with van der Waals surface area (Å²) >= 11 is 1.99. The maximum atomic E-state index is 13.4. The summed E-state index contributed by atoms with van der Waals surface area (Å²) in [5.41, 5.74) is 2.27. The van der Waals surface area contributed by atoms with Crippen molar-refractivity contribution in [3.63, 3.8) is 0 Å². The normalized spacial score (nSPS) is 13.7. The second-order valence-corrected chi connectivity index (χ2v) is 5.91. The van der Waals surface area contributed by atoms with Crippen LogP contribution in [-0.2, 0) is 13.1 Å². The van der Waals surface area contributed by atoms with Gasteiger partial charge in [-0.15, -0.1) is 0 Å². The third-order valence-corrected chi connectivity index (χ3v) is 4.16. The summed E-state index contributed by atoms with van der Waals surface area (Å²) in [5.74, 6) is -0.189. The van der Waals surface area contributed by atoms with Crippen LogP contribution in [-0.4, -0.2) is 15.9 Å². The fourth-order valence-electron chi connectivity index (χ4n) is 2.38. The van der Waals surface area contributed by atoms with Crippen molar-refractivity contribution in [3.8, 4) is 5.75 Å². The predicted octanol–water partition coefficient (Wildman–Crippen LogP) is 3.29. The SMILES string of the molecule is O=C1c2c(I)cc(F)cc2CN1Cc1ccc(O)cc1. The summed E-state index contributed by atoms with van der Waals surface area (Å²) in [5, 5.41) is 9.26. The Hall–Kier alpha value is -1.63. The number of carbonyl (C=O) groups is 1. The second kappa shape index (κ2) is 5.05. The van der Waals surface area contributed by atoms with Crippen molar-refractivity contribution in [2.75, 3.05) is 0 Å². The van der Waals surface area contributed by atoms with Crippen LogP contribution in [0.1, 0.15) is 21.5 Å². The molecule has 1 amide bonds. The van der Waals surface area contributed by atoms with Gasteiger partial charge >= 0.3 is 0 Å². The van der Waals surface area contributed by atoms with Crippen molar-refractivity contribution in [1.29, 1.82) is 0 Å². The minimum Gasteiger partial charge on any atom is -0.508 e. The Balaban J connectivity index is 1.87. The van der Waals surface area contributed by atoms with E-state index in [-0.39, 0.29) is 17.5 Å². The average Bonchev–Trinajstić information content (AvgIpc) is 2.69. The second-order valence-electron chi connectivity index (χ2n) is 4.75. The lowest BCUT2D eigenvalue weighted by molar-refractivity contribution is 0.0766. The molecule has 102 valence electrons. The lowest BCUT2D eigenvalue weighted by Crippen LogP contribution is -2.23. The van der Waals surface area contributed by atoms with Crippen LogP contribution in [0.3, 0.4) is 0 Å². The fourth-order valence-corrected chi connectivity index (χ4v) is 3.25. The van der Waals surface area contributed by atoms with E-state index in [2.05, 4.69) is 0 Å². The Labute approximate surface area is 129 Å². The molecular weight excluding hydrogens is 372 g/mol. The van der Waals surface area contributed by atoms with Gasteiger partial charge in [-0.3, -0.25) is 4.79 Å². The summed E-state index contributed by atoms with van der Waals surface area (Å²) in [6.45, 7) is 0.869. The molecule has 5 heteroatoms. The molecule has 0 radical (unpaired) electrons. The van der Waals surface area contributed by atoms with Gasteiger partial charge in [0.25, 0.3) is 5.91 Å². The molecule has 3 nitrogen and oxygen atoms in total. The highest BCUT2D eigenvalue weighted by molar-refractivity contribution is 14.1. The highest BCUT2D eigenvalue weighted by Crippen LogP contribution is 2.29. The molecular formula is C15H11FINO2. The smallest absolute Gasteiger partial charge is 0.255 e. The number of hydrogen-bond acceptors (Lipinski definition) is 2. The molecule has 1 heterocycles. The third-order valence-electron chi connectivity index (χ3n) is 3.31. The number of benzene rings is 2. The standard InChI is InChI=1S/C15H11FINO2/c16-11-5-10-8-18(15(20)14(10)13(17)6-11)7-9-1-3-12(19)4-2-9/h1-6,19H,7-8H2. The molecule has 0 aliphatic carbocycles. The van der Waals surface area contributed by atoms with Crippen LogP contribution in [0, 0.1) is 9.39 Å². The van der Waals surface area contributed by atoms with Gasteiger partial charge in [-0.2, -0.15) is 0 Å². The molecule has 0 saturated carbocycles. The van der Waals surface area contributed by atoms with Gasteiger partial charge in [0, 0.05) is 16.7 Å². The maximum absolute atomic E-state index is 13.4. The quantitative estimate of drug-likeness (QED) is 0.809. The Kier molecular flexibility index (Phi) is 3.37. The first-order chi connectivity index (χ1) is 9.54. The van der Waals surface area contributed by atoms with Crippen LogP contribution in [0.25, 0.3) is 0 Å². The van der Waals surface area contributed by atoms with Gasteiger partial charge in [0.05, 0.1) is 5.56 Å². The van der Waals surface area contributed by atoms with Crippen LogP contribution >= 0.6 is 22.6 Å². The molecule has 1 N–H and O–H groups in total. The predicted molar refractivity (Wildman–Crippen MR) is 80.8 cm³/mol. The fraction of sp³-hybridized carbons (Fsp3) is 0.133. The highest BCUT2D eigenvalue weighted by Gasteiger charge is 2.30. The van der Waals surface area contributed by atoms with Gasteiger partial charge < -0.3 is 10.0 Å². The molecule has 0 unspecified atom stereocenters. The van der Waals surface area contributed by atoms with Crippen LogP contribution < -0.4 is 0 Å². The average molecular weight is 383 g/mol. The van der Waals surface area contributed by atoms with Crippen LogP contribution in [0.2, 0.25) is 0 Å². The Morgan fingerprint density at radius 1 is 1.25 bits per heavy atom. The van der Waals surface area contributed by atoms with Crippen molar-refractivity contribution in [1.82, 2.24) is 4.90 Å². The van der Waals surface area contributed by atoms with E-state index < -0.39 is 0 Å². The van der Waals surface area contributed by atoms with Gasteiger partial charge in [-0.1, -0.05) is 12.1 Å². The van der Waals surface area contributed by atoms with Crippen LogP contribution in [0.15, 0.2) is 36.4 Å². The van der Waals surface area contributed by atoms with E-state index in [1.54, 1.807) is 29.2 Å². The first-order valence-electron chi connectivity index (χ1n) is 6.09. The van der Waals surface area contributed by atoms with Crippen LogP contribution in [0.5, 0.6) is 5.75 Å². The molecule has 0 bridgehead atoms. The van der Waals surface area contributed by atoms with E-state index in [0.717, 1.165) is 11.1 Å². The maximum Gasteiger partial charge on any atom is 0.255 e. The monoisotopic (exact) mass is 383 g/mol. The lowest BCUT2D eigenvalue weighted by atomic mass is 10.1. The van der Waals surface area contributed by atoms with E-state index in [9.17, 15) is 14.3 Å².